The van der Waals surface area contributed by atoms with E-state index in [2.05, 4.69) is 113 Å². The summed E-state index contributed by atoms with van der Waals surface area (Å²) in [5.41, 5.74) is 12.2. The Morgan fingerprint density at radius 3 is 2.44 bits per heavy atom. The minimum Gasteiger partial charge on any atom is -0.370 e. The monoisotopic (exact) mass is 687 g/mol. The van der Waals surface area contributed by atoms with E-state index < -0.39 is 0 Å². The van der Waals surface area contributed by atoms with Crippen molar-refractivity contribution in [3.8, 4) is 0 Å². The Bertz CT molecular complexity index is 1380. The van der Waals surface area contributed by atoms with Crippen LogP contribution >= 0.6 is 0 Å². The number of likely N-dealkylation sites (N-methyl/N-ethyl adjacent to an activating group) is 2. The van der Waals surface area contributed by atoms with E-state index in [1.807, 2.05) is 71.8 Å². The zero-order valence-corrected chi connectivity index (χ0v) is 33.0. The summed E-state index contributed by atoms with van der Waals surface area (Å²) in [5.74, 6) is 0.601. The first-order valence-corrected chi connectivity index (χ1v) is 18.0. The van der Waals surface area contributed by atoms with E-state index in [1.54, 1.807) is 12.3 Å². The van der Waals surface area contributed by atoms with Crippen molar-refractivity contribution in [2.24, 2.45) is 21.1 Å². The van der Waals surface area contributed by atoms with Crippen LogP contribution in [0.5, 0.6) is 0 Å². The molecule has 2 N–H and O–H groups in total. The lowest BCUT2D eigenvalue weighted by atomic mass is 9.97. The Balaban J connectivity index is 0.00000578. The number of amides is 1. The number of anilines is 1. The predicted molar refractivity (Wildman–Crippen MR) is 221 cm³/mol. The van der Waals surface area contributed by atoms with Gasteiger partial charge < -0.3 is 20.1 Å². The van der Waals surface area contributed by atoms with Gasteiger partial charge in [0.25, 0.3) is 0 Å². The summed E-state index contributed by atoms with van der Waals surface area (Å²) in [6, 6.07) is 8.51. The van der Waals surface area contributed by atoms with Crippen molar-refractivity contribution in [3.05, 3.63) is 96.9 Å². The fourth-order valence-corrected chi connectivity index (χ4v) is 5.01. The van der Waals surface area contributed by atoms with E-state index >= 15 is 0 Å². The summed E-state index contributed by atoms with van der Waals surface area (Å²) in [7, 11) is 6.11. The van der Waals surface area contributed by atoms with Gasteiger partial charge in [-0.1, -0.05) is 110 Å². The third-order valence-electron chi connectivity index (χ3n) is 7.61. The van der Waals surface area contributed by atoms with Crippen molar-refractivity contribution < 1.29 is 4.79 Å². The molecule has 9 nitrogen and oxygen atoms in total. The second-order valence-corrected chi connectivity index (χ2v) is 11.4. The summed E-state index contributed by atoms with van der Waals surface area (Å²) in [6.45, 7) is 26.3. The zero-order chi connectivity index (χ0) is 37.9. The SMILES string of the molecule is C=CN=C(C)N(C)/C=C(C=C)/C=N/NC\C=C/C(=C\CC)C(/C)=N/NC(=O)[C@H](CCC)CN(C)CC1=CCN(C)c2ccccc21.CC.CC. The maximum atomic E-state index is 13.3. The largest absolute Gasteiger partial charge is 0.370 e. The molecule has 0 spiro atoms. The molecule has 0 unspecified atom stereocenters. The minimum absolute atomic E-state index is 0.0516. The van der Waals surface area contributed by atoms with Crippen LogP contribution in [0, 0.1) is 5.92 Å². The third kappa shape index (κ3) is 16.7. The van der Waals surface area contributed by atoms with Crippen LogP contribution in [-0.4, -0.2) is 80.8 Å². The van der Waals surface area contributed by atoms with Gasteiger partial charge in [0.2, 0.25) is 5.91 Å². The topological polar surface area (TPSA) is 87.9 Å². The van der Waals surface area contributed by atoms with Gasteiger partial charge in [-0.15, -0.1) is 0 Å². The molecule has 0 radical (unpaired) electrons. The molecule has 1 aliphatic rings. The Morgan fingerprint density at radius 2 is 1.80 bits per heavy atom. The van der Waals surface area contributed by atoms with Crippen molar-refractivity contribution in [1.29, 1.82) is 0 Å². The molecule has 1 atom stereocenters. The van der Waals surface area contributed by atoms with E-state index in [1.165, 1.54) is 23.0 Å². The van der Waals surface area contributed by atoms with E-state index in [-0.39, 0.29) is 11.8 Å². The number of hydrogen-bond donors (Lipinski definition) is 2. The van der Waals surface area contributed by atoms with Crippen LogP contribution in [0.25, 0.3) is 5.57 Å². The van der Waals surface area contributed by atoms with E-state index in [9.17, 15) is 4.79 Å². The molecule has 2 rings (SSSR count). The van der Waals surface area contributed by atoms with E-state index in [4.69, 9.17) is 0 Å². The van der Waals surface area contributed by atoms with Crippen LogP contribution in [0.15, 0.2) is 107 Å². The number of allylic oxidation sites excluding steroid dienone is 5. The van der Waals surface area contributed by atoms with Crippen LogP contribution in [0.1, 0.15) is 80.2 Å². The highest BCUT2D eigenvalue weighted by Gasteiger charge is 2.22. The van der Waals surface area contributed by atoms with Crippen molar-refractivity contribution in [1.82, 2.24) is 20.7 Å². The van der Waals surface area contributed by atoms with Gasteiger partial charge in [0, 0.05) is 63.0 Å². The molecule has 0 aromatic heterocycles. The number of benzene rings is 1. The molecule has 276 valence electrons. The molecule has 50 heavy (non-hydrogen) atoms. The van der Waals surface area contributed by atoms with Crippen molar-refractivity contribution in [2.75, 3.05) is 52.2 Å². The summed E-state index contributed by atoms with van der Waals surface area (Å²) in [6.07, 6.45) is 17.8. The zero-order valence-electron chi connectivity index (χ0n) is 33.0. The summed E-state index contributed by atoms with van der Waals surface area (Å²) < 4.78 is 0. The molecule has 9 heteroatoms. The lowest BCUT2D eigenvalue weighted by Gasteiger charge is -2.30. The molecule has 0 aliphatic carbocycles. The molecular weight excluding hydrogens is 621 g/mol. The van der Waals surface area contributed by atoms with Crippen LogP contribution in [0.3, 0.4) is 0 Å². The Morgan fingerprint density at radius 1 is 1.10 bits per heavy atom. The number of carbonyl (C=O) groups excluding carboxylic acids is 1. The maximum absolute atomic E-state index is 13.3. The van der Waals surface area contributed by atoms with Gasteiger partial charge in [-0.2, -0.15) is 10.2 Å². The first-order valence-electron chi connectivity index (χ1n) is 18.0. The Kier molecular flexibility index (Phi) is 24.9. The van der Waals surface area contributed by atoms with Gasteiger partial charge in [-0.3, -0.25) is 4.79 Å². The second kappa shape index (κ2) is 27.3. The minimum atomic E-state index is -0.155. The number of hydrazone groups is 2. The standard InChI is InChI=1S/C37H54N8O.2C2H6/c1-10-17-32(19-16-23-39-40-25-31(12-3)26-45(9)30(6)38-13-4)29(5)41-42-37(46)34(18-11-2)28-43(7)27-33-22-24-44(8)36-21-15-14-20-35(33)36;2*1-2/h12-17,19-22,25-26,34,39H,3-4,10-11,18,23-24,27-28H2,1-2,5-9H3,(H,42,46);2*1-2H3/b19-16-,31-26+,32-17+,38-30?,40-25+,41-29+;;/t34-;;/m1../s1. The normalized spacial score (nSPS) is 14.2. The predicted octanol–water partition coefficient (Wildman–Crippen LogP) is 8.44. The Labute approximate surface area is 304 Å². The highest BCUT2D eigenvalue weighted by Crippen LogP contribution is 2.30. The van der Waals surface area contributed by atoms with E-state index in [0.717, 1.165) is 55.0 Å². The molecule has 1 heterocycles. The smallest absolute Gasteiger partial charge is 0.244 e. The summed E-state index contributed by atoms with van der Waals surface area (Å²) >= 11 is 0. The molecule has 0 bridgehead atoms. The highest BCUT2D eigenvalue weighted by molar-refractivity contribution is 6.01. The highest BCUT2D eigenvalue weighted by atomic mass is 16.2. The van der Waals surface area contributed by atoms with Gasteiger partial charge in [0.05, 0.1) is 24.4 Å². The molecule has 0 fully saturated rings. The fourth-order valence-electron chi connectivity index (χ4n) is 5.01. The number of para-hydroxylation sites is 1. The van der Waals surface area contributed by atoms with Crippen LogP contribution in [0.2, 0.25) is 0 Å². The molecule has 1 aromatic rings. The number of nitrogens with zero attached hydrogens (tertiary/aromatic N) is 6. The lowest BCUT2D eigenvalue weighted by Crippen LogP contribution is -2.37. The van der Waals surface area contributed by atoms with Crippen LogP contribution in [-0.2, 0) is 4.79 Å². The first kappa shape index (κ1) is 45.5. The van der Waals surface area contributed by atoms with Gasteiger partial charge in [-0.25, -0.2) is 10.4 Å². The van der Waals surface area contributed by atoms with E-state index in [0.29, 0.717) is 13.1 Å². The molecule has 1 aliphatic heterocycles. The molecular formula is C41H66N8O. The number of nitrogens with one attached hydrogen (secondary N) is 2. The quantitative estimate of drug-likeness (QED) is 0.0532. The van der Waals surface area contributed by atoms with Gasteiger partial charge in [-0.05, 0) is 50.9 Å². The number of fused-ring (bicyclic) bond motifs is 1. The van der Waals surface area contributed by atoms with Crippen molar-refractivity contribution >= 4 is 34.9 Å². The average Bonchev–Trinajstić information content (AvgIpc) is 3.13. The average molecular weight is 687 g/mol. The molecule has 1 amide bonds. The number of amidine groups is 1. The van der Waals surface area contributed by atoms with Crippen molar-refractivity contribution in [2.45, 2.75) is 74.7 Å². The first-order chi connectivity index (χ1) is 24.1. The fraction of sp³-hybridized carbons (Fsp3) is 0.463. The van der Waals surface area contributed by atoms with Crippen LogP contribution in [0.4, 0.5) is 5.69 Å². The number of rotatable bonds is 18. The molecule has 0 saturated heterocycles. The Hall–Kier alpha value is -4.50. The summed E-state index contributed by atoms with van der Waals surface area (Å²) in [5, 5.41) is 8.78. The third-order valence-corrected chi connectivity index (χ3v) is 7.61. The number of carbonyl (C=O) groups is 1. The van der Waals surface area contributed by atoms with Gasteiger partial charge in [0.15, 0.2) is 0 Å². The van der Waals surface area contributed by atoms with Crippen molar-refractivity contribution in [3.63, 3.8) is 0 Å². The molecule has 1 aromatic carbocycles. The lowest BCUT2D eigenvalue weighted by molar-refractivity contribution is -0.125. The number of aliphatic imine (C=N–C) groups is 1. The second-order valence-electron chi connectivity index (χ2n) is 11.4. The van der Waals surface area contributed by atoms with Crippen LogP contribution < -0.4 is 15.8 Å². The maximum Gasteiger partial charge on any atom is 0.244 e. The molecule has 0 saturated carbocycles. The van der Waals surface area contributed by atoms with Gasteiger partial charge in [0.1, 0.15) is 5.84 Å². The number of hydrogen-bond acceptors (Lipinski definition) is 7. The van der Waals surface area contributed by atoms with Gasteiger partial charge >= 0.3 is 0 Å². The summed E-state index contributed by atoms with van der Waals surface area (Å²) in [4.78, 5) is 23.8.